The summed E-state index contributed by atoms with van der Waals surface area (Å²) in [5, 5.41) is 22.4. The second-order valence-corrected chi connectivity index (χ2v) is 8.32. The van der Waals surface area contributed by atoms with E-state index in [0.717, 1.165) is 48.1 Å². The molecule has 0 bridgehead atoms. The van der Waals surface area contributed by atoms with Crippen molar-refractivity contribution in [3.63, 3.8) is 0 Å². The van der Waals surface area contributed by atoms with E-state index in [1.54, 1.807) is 0 Å². The molecule has 0 spiro atoms. The summed E-state index contributed by atoms with van der Waals surface area (Å²) in [7, 11) is 0. The number of para-hydroxylation sites is 1. The van der Waals surface area contributed by atoms with Crippen molar-refractivity contribution < 1.29 is 5.11 Å². The molecule has 0 aliphatic carbocycles. The van der Waals surface area contributed by atoms with E-state index in [1.807, 2.05) is 30.3 Å². The fraction of sp³-hybridized carbons (Fsp3) is 0.500. The monoisotopic (exact) mass is 394 g/mol. The fourth-order valence-corrected chi connectivity index (χ4v) is 4.14. The van der Waals surface area contributed by atoms with Crippen LogP contribution in [0.15, 0.2) is 30.3 Å². The van der Waals surface area contributed by atoms with Gasteiger partial charge in [0.15, 0.2) is 11.5 Å². The molecular formula is C22H30N6O. The lowest BCUT2D eigenvalue weighted by molar-refractivity contribution is 0.264. The van der Waals surface area contributed by atoms with Gasteiger partial charge < -0.3 is 19.9 Å². The van der Waals surface area contributed by atoms with Gasteiger partial charge in [-0.2, -0.15) is 10.1 Å². The average molecular weight is 395 g/mol. The minimum absolute atomic E-state index is 0.0907. The first-order chi connectivity index (χ1) is 14.0. The molecule has 1 atom stereocenters. The quantitative estimate of drug-likeness (QED) is 0.653. The van der Waals surface area contributed by atoms with Crippen LogP contribution in [0.2, 0.25) is 0 Å². The van der Waals surface area contributed by atoms with Crippen LogP contribution in [0.25, 0.3) is 11.4 Å². The zero-order chi connectivity index (χ0) is 20.5. The maximum Gasteiger partial charge on any atom is 0.208 e. The van der Waals surface area contributed by atoms with Crippen LogP contribution >= 0.6 is 0 Å². The van der Waals surface area contributed by atoms with Gasteiger partial charge in [0.05, 0.1) is 24.0 Å². The molecular weight excluding hydrogens is 364 g/mol. The molecule has 3 aliphatic rings. The smallest absolute Gasteiger partial charge is 0.208 e. The molecule has 1 saturated heterocycles. The van der Waals surface area contributed by atoms with E-state index in [9.17, 15) is 5.11 Å². The Morgan fingerprint density at radius 3 is 2.55 bits per heavy atom. The molecule has 154 valence electrons. The van der Waals surface area contributed by atoms with Gasteiger partial charge in [0.2, 0.25) is 5.95 Å². The molecule has 0 saturated carbocycles. The highest BCUT2D eigenvalue weighted by atomic mass is 16.3. The summed E-state index contributed by atoms with van der Waals surface area (Å²) in [6.07, 6.45) is 2.03. The molecule has 3 aliphatic heterocycles. The number of aliphatic hydroxyl groups is 1. The Kier molecular flexibility index (Phi) is 5.41. The molecule has 1 aromatic carbocycles. The molecule has 1 unspecified atom stereocenters. The Balaban J connectivity index is 1.94. The van der Waals surface area contributed by atoms with Crippen molar-refractivity contribution in [2.24, 2.45) is 0 Å². The Morgan fingerprint density at radius 2 is 1.90 bits per heavy atom. The number of aliphatic hydroxyl groups excluding tert-OH is 1. The molecule has 29 heavy (non-hydrogen) atoms. The first kappa shape index (κ1) is 19.6. The number of hydrogen-bond acceptors (Lipinski definition) is 6. The number of fused-ring (bicyclic) bond motifs is 1. The largest absolute Gasteiger partial charge is 0.394 e. The van der Waals surface area contributed by atoms with Gasteiger partial charge in [0, 0.05) is 18.3 Å². The number of rotatable bonds is 6. The summed E-state index contributed by atoms with van der Waals surface area (Å²) >= 11 is 0. The van der Waals surface area contributed by atoms with E-state index < -0.39 is 0 Å². The van der Waals surface area contributed by atoms with Gasteiger partial charge in [-0.25, -0.2) is 0 Å². The molecule has 1 fully saturated rings. The maximum atomic E-state index is 9.93. The van der Waals surface area contributed by atoms with Crippen LogP contribution in [0.1, 0.15) is 58.2 Å². The van der Waals surface area contributed by atoms with Crippen molar-refractivity contribution in [2.45, 2.75) is 58.5 Å². The SMILES string of the molecule is CC(C)c1nnc2c(Nc3ccccc3)nc(N3CCCC3CO)n(C(C)C)c1-2. The number of benzene rings is 1. The highest BCUT2D eigenvalue weighted by molar-refractivity contribution is 5.78. The van der Waals surface area contributed by atoms with Crippen LogP contribution in [0.5, 0.6) is 0 Å². The van der Waals surface area contributed by atoms with E-state index in [4.69, 9.17) is 4.98 Å². The van der Waals surface area contributed by atoms with E-state index in [1.165, 1.54) is 0 Å². The van der Waals surface area contributed by atoms with E-state index >= 15 is 0 Å². The second kappa shape index (κ2) is 7.99. The Bertz CT molecular complexity index is 936. The van der Waals surface area contributed by atoms with Crippen LogP contribution in [0, 0.1) is 0 Å². The molecule has 7 nitrogen and oxygen atoms in total. The molecule has 2 N–H and O–H groups in total. The Labute approximate surface area is 172 Å². The topological polar surface area (TPSA) is 79.1 Å². The number of anilines is 3. The van der Waals surface area contributed by atoms with Gasteiger partial charge in [0.25, 0.3) is 0 Å². The van der Waals surface area contributed by atoms with Gasteiger partial charge in [-0.15, -0.1) is 5.10 Å². The van der Waals surface area contributed by atoms with Crippen LogP contribution in [0.4, 0.5) is 17.5 Å². The third kappa shape index (κ3) is 3.55. The van der Waals surface area contributed by atoms with Crippen molar-refractivity contribution in [3.05, 3.63) is 36.0 Å². The van der Waals surface area contributed by atoms with Crippen molar-refractivity contribution in [1.82, 2.24) is 19.7 Å². The van der Waals surface area contributed by atoms with Gasteiger partial charge in [-0.1, -0.05) is 32.0 Å². The van der Waals surface area contributed by atoms with Gasteiger partial charge >= 0.3 is 0 Å². The zero-order valence-corrected chi connectivity index (χ0v) is 17.6. The Hall–Kier alpha value is -2.67. The van der Waals surface area contributed by atoms with E-state index in [0.29, 0.717) is 5.82 Å². The summed E-state index contributed by atoms with van der Waals surface area (Å²) in [6, 6.07) is 10.3. The number of aromatic nitrogens is 4. The summed E-state index contributed by atoms with van der Waals surface area (Å²) < 4.78 is 2.24. The maximum absolute atomic E-state index is 9.93. The standard InChI is InChI=1S/C22H30N6O/c1-14(2)18-20-19(26-25-18)21(23-16-9-6-5-7-10-16)24-22(28(20)15(3)4)27-12-8-11-17(27)13-29/h5-7,9-10,14-15,17,23,29H,8,11-13H2,1-4H3. The molecule has 3 heterocycles. The molecule has 0 amide bonds. The van der Waals surface area contributed by atoms with Crippen molar-refractivity contribution >= 4 is 17.5 Å². The minimum atomic E-state index is 0.0907. The summed E-state index contributed by atoms with van der Waals surface area (Å²) in [5.41, 5.74) is 3.76. The molecule has 0 radical (unpaired) electrons. The fourth-order valence-electron chi connectivity index (χ4n) is 4.14. The normalized spacial score (nSPS) is 17.1. The lowest BCUT2D eigenvalue weighted by atomic mass is 10.1. The molecule has 7 heteroatoms. The molecule has 4 rings (SSSR count). The van der Waals surface area contributed by atoms with Gasteiger partial charge in [-0.3, -0.25) is 0 Å². The third-order valence-electron chi connectivity index (χ3n) is 5.56. The van der Waals surface area contributed by atoms with Crippen LogP contribution in [-0.4, -0.2) is 44.0 Å². The third-order valence-corrected chi connectivity index (χ3v) is 5.56. The van der Waals surface area contributed by atoms with Gasteiger partial charge in [-0.05, 0) is 44.7 Å². The zero-order valence-electron chi connectivity index (χ0n) is 17.6. The minimum Gasteiger partial charge on any atom is -0.394 e. The number of nitrogens with zero attached hydrogens (tertiary/aromatic N) is 5. The molecule has 0 aromatic heterocycles. The lowest BCUT2D eigenvalue weighted by Gasteiger charge is -2.31. The summed E-state index contributed by atoms with van der Waals surface area (Å²) in [6.45, 7) is 9.63. The Morgan fingerprint density at radius 1 is 1.14 bits per heavy atom. The number of hydrogen-bond donors (Lipinski definition) is 2. The van der Waals surface area contributed by atoms with Crippen LogP contribution < -0.4 is 10.2 Å². The first-order valence-corrected chi connectivity index (χ1v) is 10.5. The van der Waals surface area contributed by atoms with Crippen molar-refractivity contribution in [2.75, 3.05) is 23.4 Å². The van der Waals surface area contributed by atoms with E-state index in [-0.39, 0.29) is 24.6 Å². The van der Waals surface area contributed by atoms with Crippen molar-refractivity contribution in [3.8, 4) is 11.4 Å². The highest BCUT2D eigenvalue weighted by Crippen LogP contribution is 2.40. The predicted molar refractivity (Wildman–Crippen MR) is 116 cm³/mol. The van der Waals surface area contributed by atoms with Crippen LogP contribution in [0.3, 0.4) is 0 Å². The van der Waals surface area contributed by atoms with Crippen molar-refractivity contribution in [1.29, 1.82) is 0 Å². The number of nitrogens with one attached hydrogen (secondary N) is 1. The summed E-state index contributed by atoms with van der Waals surface area (Å²) in [4.78, 5) is 7.28. The highest BCUT2D eigenvalue weighted by Gasteiger charge is 2.33. The van der Waals surface area contributed by atoms with E-state index in [2.05, 4.69) is 52.7 Å². The van der Waals surface area contributed by atoms with Gasteiger partial charge in [0.1, 0.15) is 0 Å². The molecule has 1 aromatic rings. The first-order valence-electron chi connectivity index (χ1n) is 10.5. The second-order valence-electron chi connectivity index (χ2n) is 8.32. The lowest BCUT2D eigenvalue weighted by Crippen LogP contribution is -2.36. The predicted octanol–water partition coefficient (Wildman–Crippen LogP) is 4.19. The van der Waals surface area contributed by atoms with Crippen LogP contribution in [-0.2, 0) is 0 Å². The average Bonchev–Trinajstić information content (AvgIpc) is 3.35. The summed E-state index contributed by atoms with van der Waals surface area (Å²) in [5.74, 6) is 1.83.